The summed E-state index contributed by atoms with van der Waals surface area (Å²) in [6.45, 7) is 5.41. The quantitative estimate of drug-likeness (QED) is 0.728. The molecule has 0 bridgehead atoms. The van der Waals surface area contributed by atoms with Crippen molar-refractivity contribution >= 4 is 34.6 Å². The topological polar surface area (TPSA) is 64.7 Å². The summed E-state index contributed by atoms with van der Waals surface area (Å²) in [6, 6.07) is 15.3. The summed E-state index contributed by atoms with van der Waals surface area (Å²) in [5.74, 6) is -0.685. The minimum atomic E-state index is -1.21. The van der Waals surface area contributed by atoms with Gasteiger partial charge in [0.15, 0.2) is 0 Å². The van der Waals surface area contributed by atoms with Crippen molar-refractivity contribution in [2.75, 3.05) is 47.6 Å². The van der Waals surface area contributed by atoms with E-state index in [1.807, 2.05) is 67.5 Å². The molecule has 0 atom stereocenters. The first kappa shape index (κ1) is 20.7. The van der Waals surface area contributed by atoms with Crippen molar-refractivity contribution in [3.05, 3.63) is 48.5 Å². The predicted octanol–water partition coefficient (Wildman–Crippen LogP) is 3.96. The standard InChI is InChI=1S/C23H30N4O2/c1-23(2,21(28)24-17-7-11-19(12-8-17)26(3)4)22(29)25-18-9-13-20(14-10-18)27-15-5-6-16-27/h7-14H,5-6,15-16H2,1-4H3,(H,24,28)(H,25,29). The Morgan fingerprint density at radius 1 is 0.828 bits per heavy atom. The lowest BCUT2D eigenvalue weighted by Crippen LogP contribution is -2.41. The summed E-state index contributed by atoms with van der Waals surface area (Å²) in [4.78, 5) is 29.8. The van der Waals surface area contributed by atoms with E-state index in [0.29, 0.717) is 11.4 Å². The average Bonchev–Trinajstić information content (AvgIpc) is 3.23. The molecular formula is C23H30N4O2. The fourth-order valence-electron chi connectivity index (χ4n) is 3.25. The SMILES string of the molecule is CN(C)c1ccc(NC(=O)C(C)(C)C(=O)Nc2ccc(N3CCCC3)cc2)cc1. The molecule has 1 aliphatic heterocycles. The Morgan fingerprint density at radius 3 is 1.72 bits per heavy atom. The number of nitrogens with zero attached hydrogens (tertiary/aromatic N) is 2. The Morgan fingerprint density at radius 2 is 1.28 bits per heavy atom. The highest BCUT2D eigenvalue weighted by Crippen LogP contribution is 2.25. The Hall–Kier alpha value is -3.02. The van der Waals surface area contributed by atoms with Crippen LogP contribution in [0.3, 0.4) is 0 Å². The van der Waals surface area contributed by atoms with Crippen LogP contribution >= 0.6 is 0 Å². The van der Waals surface area contributed by atoms with Gasteiger partial charge in [-0.1, -0.05) is 0 Å². The highest BCUT2D eigenvalue weighted by molar-refractivity contribution is 6.14. The molecule has 2 amide bonds. The predicted molar refractivity (Wildman–Crippen MR) is 120 cm³/mol. The van der Waals surface area contributed by atoms with Crippen LogP contribution in [0.15, 0.2) is 48.5 Å². The molecule has 0 unspecified atom stereocenters. The summed E-state index contributed by atoms with van der Waals surface area (Å²) in [5, 5.41) is 5.70. The van der Waals surface area contributed by atoms with Gasteiger partial charge in [-0.15, -0.1) is 0 Å². The maximum atomic E-state index is 12.8. The normalized spacial score (nSPS) is 13.9. The van der Waals surface area contributed by atoms with E-state index in [-0.39, 0.29) is 11.8 Å². The van der Waals surface area contributed by atoms with Crippen LogP contribution in [-0.4, -0.2) is 39.0 Å². The summed E-state index contributed by atoms with van der Waals surface area (Å²) in [6.07, 6.45) is 2.44. The van der Waals surface area contributed by atoms with Gasteiger partial charge in [0.05, 0.1) is 0 Å². The van der Waals surface area contributed by atoms with Crippen molar-refractivity contribution in [1.29, 1.82) is 0 Å². The molecule has 0 spiro atoms. The van der Waals surface area contributed by atoms with E-state index in [2.05, 4.69) is 15.5 Å². The Bertz CT molecular complexity index is 851. The molecule has 0 saturated carbocycles. The number of rotatable bonds is 6. The molecular weight excluding hydrogens is 364 g/mol. The molecule has 3 rings (SSSR count). The van der Waals surface area contributed by atoms with E-state index < -0.39 is 5.41 Å². The Kier molecular flexibility index (Phi) is 6.11. The maximum Gasteiger partial charge on any atom is 0.239 e. The van der Waals surface area contributed by atoms with Gasteiger partial charge in [-0.05, 0) is 75.2 Å². The molecule has 0 aromatic heterocycles. The van der Waals surface area contributed by atoms with Crippen molar-refractivity contribution in [2.24, 2.45) is 5.41 Å². The van der Waals surface area contributed by atoms with Gasteiger partial charge < -0.3 is 20.4 Å². The lowest BCUT2D eigenvalue weighted by Gasteiger charge is -2.23. The zero-order valence-electron chi connectivity index (χ0n) is 17.7. The summed E-state index contributed by atoms with van der Waals surface area (Å²) < 4.78 is 0. The van der Waals surface area contributed by atoms with Gasteiger partial charge in [-0.3, -0.25) is 9.59 Å². The molecule has 2 aromatic carbocycles. The van der Waals surface area contributed by atoms with Crippen LogP contribution in [0, 0.1) is 5.41 Å². The molecule has 154 valence electrons. The second-order valence-electron chi connectivity index (χ2n) is 8.22. The largest absolute Gasteiger partial charge is 0.378 e. The third-order valence-electron chi connectivity index (χ3n) is 5.37. The molecule has 1 aliphatic rings. The van der Waals surface area contributed by atoms with Gasteiger partial charge in [0.25, 0.3) is 0 Å². The van der Waals surface area contributed by atoms with E-state index in [4.69, 9.17) is 0 Å². The molecule has 2 aromatic rings. The Balaban J connectivity index is 1.61. The minimum absolute atomic E-state index is 0.339. The van der Waals surface area contributed by atoms with Crippen molar-refractivity contribution < 1.29 is 9.59 Å². The zero-order chi connectivity index (χ0) is 21.0. The van der Waals surface area contributed by atoms with Crippen molar-refractivity contribution in [2.45, 2.75) is 26.7 Å². The number of carbonyl (C=O) groups is 2. The van der Waals surface area contributed by atoms with Crippen LogP contribution in [0.1, 0.15) is 26.7 Å². The number of nitrogens with one attached hydrogen (secondary N) is 2. The monoisotopic (exact) mass is 394 g/mol. The van der Waals surface area contributed by atoms with Crippen LogP contribution in [0.25, 0.3) is 0 Å². The first-order valence-electron chi connectivity index (χ1n) is 10.0. The first-order valence-corrected chi connectivity index (χ1v) is 10.0. The van der Waals surface area contributed by atoms with Gasteiger partial charge in [-0.25, -0.2) is 0 Å². The number of hydrogen-bond acceptors (Lipinski definition) is 4. The molecule has 0 aliphatic carbocycles. The van der Waals surface area contributed by atoms with E-state index in [1.54, 1.807) is 13.8 Å². The van der Waals surface area contributed by atoms with Gasteiger partial charge in [0.2, 0.25) is 11.8 Å². The molecule has 1 heterocycles. The van der Waals surface area contributed by atoms with Gasteiger partial charge in [0.1, 0.15) is 5.41 Å². The Labute approximate surface area is 172 Å². The fraction of sp³-hybridized carbons (Fsp3) is 0.391. The molecule has 1 fully saturated rings. The fourth-order valence-corrected chi connectivity index (χ4v) is 3.25. The minimum Gasteiger partial charge on any atom is -0.378 e. The van der Waals surface area contributed by atoms with E-state index in [9.17, 15) is 9.59 Å². The van der Waals surface area contributed by atoms with E-state index in [0.717, 1.165) is 18.8 Å². The van der Waals surface area contributed by atoms with Crippen LogP contribution < -0.4 is 20.4 Å². The third kappa shape index (κ3) is 4.88. The van der Waals surface area contributed by atoms with Gasteiger partial charge in [0, 0.05) is 49.9 Å². The maximum absolute atomic E-state index is 12.8. The average molecular weight is 395 g/mol. The molecule has 2 N–H and O–H groups in total. The molecule has 6 nitrogen and oxygen atoms in total. The van der Waals surface area contributed by atoms with Crippen LogP contribution in [0.4, 0.5) is 22.7 Å². The van der Waals surface area contributed by atoms with Crippen LogP contribution in [0.2, 0.25) is 0 Å². The highest BCUT2D eigenvalue weighted by atomic mass is 16.2. The number of benzene rings is 2. The van der Waals surface area contributed by atoms with Gasteiger partial charge in [-0.2, -0.15) is 0 Å². The number of hydrogen-bond donors (Lipinski definition) is 2. The molecule has 1 saturated heterocycles. The van der Waals surface area contributed by atoms with Crippen LogP contribution in [-0.2, 0) is 9.59 Å². The summed E-state index contributed by atoms with van der Waals surface area (Å²) >= 11 is 0. The molecule has 6 heteroatoms. The lowest BCUT2D eigenvalue weighted by atomic mass is 9.90. The number of anilines is 4. The van der Waals surface area contributed by atoms with Crippen molar-refractivity contribution in [3.63, 3.8) is 0 Å². The smallest absolute Gasteiger partial charge is 0.239 e. The highest BCUT2D eigenvalue weighted by Gasteiger charge is 2.36. The van der Waals surface area contributed by atoms with Crippen molar-refractivity contribution in [3.8, 4) is 0 Å². The summed E-state index contributed by atoms with van der Waals surface area (Å²) in [5.41, 5.74) is 2.34. The third-order valence-corrected chi connectivity index (χ3v) is 5.37. The number of amides is 2. The van der Waals surface area contributed by atoms with Crippen LogP contribution in [0.5, 0.6) is 0 Å². The first-order chi connectivity index (χ1) is 13.8. The zero-order valence-corrected chi connectivity index (χ0v) is 17.7. The van der Waals surface area contributed by atoms with Crippen molar-refractivity contribution in [1.82, 2.24) is 0 Å². The second-order valence-corrected chi connectivity index (χ2v) is 8.22. The van der Waals surface area contributed by atoms with E-state index in [1.165, 1.54) is 18.5 Å². The molecule has 0 radical (unpaired) electrons. The van der Waals surface area contributed by atoms with E-state index >= 15 is 0 Å². The second kappa shape index (κ2) is 8.55. The lowest BCUT2D eigenvalue weighted by molar-refractivity contribution is -0.135. The number of carbonyl (C=O) groups excluding carboxylic acids is 2. The summed E-state index contributed by atoms with van der Waals surface area (Å²) in [7, 11) is 3.91. The van der Waals surface area contributed by atoms with Gasteiger partial charge >= 0.3 is 0 Å². The molecule has 29 heavy (non-hydrogen) atoms.